The standard InChI is InChI=1S/C13H24INO2/c1-8(14)10(16)17-9-6-12(2,3)11(15)13(4,5)7-9/h8-9,11H,6-7,15H2,1-5H3. The Balaban J connectivity index is 2.75. The summed E-state index contributed by atoms with van der Waals surface area (Å²) >= 11 is 2.09. The first-order chi connectivity index (χ1) is 7.56. The van der Waals surface area contributed by atoms with Gasteiger partial charge in [-0.1, -0.05) is 50.3 Å². The van der Waals surface area contributed by atoms with Crippen LogP contribution >= 0.6 is 22.6 Å². The van der Waals surface area contributed by atoms with Gasteiger partial charge in [0.15, 0.2) is 0 Å². The van der Waals surface area contributed by atoms with E-state index in [-0.39, 0.29) is 32.9 Å². The van der Waals surface area contributed by atoms with Gasteiger partial charge in [-0.2, -0.15) is 0 Å². The van der Waals surface area contributed by atoms with E-state index in [2.05, 4.69) is 50.3 Å². The first-order valence-corrected chi connectivity index (χ1v) is 7.41. The van der Waals surface area contributed by atoms with Crippen molar-refractivity contribution in [2.45, 2.75) is 63.5 Å². The number of halogens is 1. The van der Waals surface area contributed by atoms with Crippen LogP contribution in [-0.2, 0) is 9.53 Å². The molecule has 1 fully saturated rings. The molecule has 2 N–H and O–H groups in total. The van der Waals surface area contributed by atoms with Gasteiger partial charge in [-0.25, -0.2) is 0 Å². The van der Waals surface area contributed by atoms with Gasteiger partial charge in [-0.3, -0.25) is 4.79 Å². The predicted molar refractivity (Wildman–Crippen MR) is 78.1 cm³/mol. The number of hydrogen-bond donors (Lipinski definition) is 1. The van der Waals surface area contributed by atoms with Gasteiger partial charge < -0.3 is 10.5 Å². The Kier molecular flexibility index (Phi) is 4.51. The number of carbonyl (C=O) groups is 1. The zero-order valence-electron chi connectivity index (χ0n) is 11.4. The molecule has 0 aromatic carbocycles. The molecule has 0 aromatic heterocycles. The lowest BCUT2D eigenvalue weighted by molar-refractivity contribution is -0.154. The van der Waals surface area contributed by atoms with Crippen molar-refractivity contribution >= 4 is 28.6 Å². The van der Waals surface area contributed by atoms with Gasteiger partial charge >= 0.3 is 5.97 Å². The van der Waals surface area contributed by atoms with Crippen LogP contribution in [0.2, 0.25) is 0 Å². The molecule has 0 radical (unpaired) electrons. The summed E-state index contributed by atoms with van der Waals surface area (Å²) in [5.41, 5.74) is 6.33. The topological polar surface area (TPSA) is 52.3 Å². The van der Waals surface area contributed by atoms with Gasteiger partial charge in [-0.05, 0) is 30.6 Å². The minimum atomic E-state index is -0.113. The number of carbonyl (C=O) groups excluding carboxylic acids is 1. The van der Waals surface area contributed by atoms with Gasteiger partial charge in [0.1, 0.15) is 10.0 Å². The molecule has 1 unspecified atom stereocenters. The molecule has 0 saturated heterocycles. The number of rotatable bonds is 2. The number of alkyl halides is 1. The largest absolute Gasteiger partial charge is 0.462 e. The predicted octanol–water partition coefficient (Wildman–Crippen LogP) is 2.90. The Hall–Kier alpha value is 0.160. The highest BCUT2D eigenvalue weighted by atomic mass is 127. The second-order valence-electron chi connectivity index (χ2n) is 6.54. The van der Waals surface area contributed by atoms with Crippen LogP contribution in [0.1, 0.15) is 47.5 Å². The summed E-state index contributed by atoms with van der Waals surface area (Å²) in [6.45, 7) is 10.5. The summed E-state index contributed by atoms with van der Waals surface area (Å²) in [5.74, 6) is -0.113. The van der Waals surface area contributed by atoms with E-state index in [1.807, 2.05) is 6.92 Å². The van der Waals surface area contributed by atoms with Crippen LogP contribution < -0.4 is 5.73 Å². The number of ether oxygens (including phenoxy) is 1. The lowest BCUT2D eigenvalue weighted by atomic mass is 9.60. The average Bonchev–Trinajstić information content (AvgIpc) is 2.12. The van der Waals surface area contributed by atoms with Crippen molar-refractivity contribution in [3.8, 4) is 0 Å². The zero-order chi connectivity index (χ0) is 13.4. The summed E-state index contributed by atoms with van der Waals surface area (Å²) in [6, 6.07) is 0.141. The van der Waals surface area contributed by atoms with Crippen molar-refractivity contribution in [1.82, 2.24) is 0 Å². The van der Waals surface area contributed by atoms with Crippen molar-refractivity contribution in [2.75, 3.05) is 0 Å². The molecule has 17 heavy (non-hydrogen) atoms. The molecule has 1 aliphatic rings. The Morgan fingerprint density at radius 2 is 1.71 bits per heavy atom. The van der Waals surface area contributed by atoms with E-state index in [1.54, 1.807) is 0 Å². The Labute approximate surface area is 118 Å². The summed E-state index contributed by atoms with van der Waals surface area (Å²) in [7, 11) is 0. The molecule has 100 valence electrons. The maximum absolute atomic E-state index is 11.7. The minimum absolute atomic E-state index is 0.00418. The van der Waals surface area contributed by atoms with Gasteiger partial charge in [0.2, 0.25) is 0 Å². The van der Waals surface area contributed by atoms with Gasteiger partial charge in [-0.15, -0.1) is 0 Å². The highest BCUT2D eigenvalue weighted by molar-refractivity contribution is 14.1. The third kappa shape index (κ3) is 3.56. The molecular formula is C13H24INO2. The molecule has 0 spiro atoms. The Morgan fingerprint density at radius 3 is 2.06 bits per heavy atom. The fourth-order valence-corrected chi connectivity index (χ4v) is 3.05. The van der Waals surface area contributed by atoms with Crippen molar-refractivity contribution < 1.29 is 9.53 Å². The van der Waals surface area contributed by atoms with Crippen LogP contribution in [0.25, 0.3) is 0 Å². The quantitative estimate of drug-likeness (QED) is 0.472. The van der Waals surface area contributed by atoms with Crippen molar-refractivity contribution in [1.29, 1.82) is 0 Å². The summed E-state index contributed by atoms with van der Waals surface area (Å²) < 4.78 is 5.48. The zero-order valence-corrected chi connectivity index (χ0v) is 13.6. The molecule has 0 aromatic rings. The molecule has 0 bridgehead atoms. The van der Waals surface area contributed by atoms with Crippen molar-refractivity contribution in [2.24, 2.45) is 16.6 Å². The molecule has 3 nitrogen and oxygen atoms in total. The second-order valence-corrected chi connectivity index (χ2v) is 8.41. The minimum Gasteiger partial charge on any atom is -0.462 e. The second kappa shape index (κ2) is 5.03. The molecule has 0 heterocycles. The van der Waals surface area contributed by atoms with Crippen LogP contribution in [0.3, 0.4) is 0 Å². The molecule has 0 amide bonds. The summed E-state index contributed by atoms with van der Waals surface area (Å²) in [4.78, 5) is 11.7. The van der Waals surface area contributed by atoms with Crippen LogP contribution in [-0.4, -0.2) is 22.0 Å². The fraction of sp³-hybridized carbons (Fsp3) is 0.923. The van der Waals surface area contributed by atoms with E-state index in [9.17, 15) is 4.79 Å². The first kappa shape index (κ1) is 15.2. The maximum Gasteiger partial charge on any atom is 0.318 e. The van der Waals surface area contributed by atoms with Crippen molar-refractivity contribution in [3.05, 3.63) is 0 Å². The third-order valence-corrected chi connectivity index (χ3v) is 4.31. The van der Waals surface area contributed by atoms with E-state index in [4.69, 9.17) is 10.5 Å². The van der Waals surface area contributed by atoms with Crippen LogP contribution in [0.5, 0.6) is 0 Å². The van der Waals surface area contributed by atoms with Crippen LogP contribution in [0, 0.1) is 10.8 Å². The SMILES string of the molecule is CC(I)C(=O)OC1CC(C)(C)C(N)C(C)(C)C1. The lowest BCUT2D eigenvalue weighted by Crippen LogP contribution is -2.55. The number of esters is 1. The summed E-state index contributed by atoms with van der Waals surface area (Å²) in [6.07, 6.45) is 1.71. The van der Waals surface area contributed by atoms with Gasteiger partial charge in [0.05, 0.1) is 0 Å². The van der Waals surface area contributed by atoms with Gasteiger partial charge in [0, 0.05) is 6.04 Å². The molecule has 1 aliphatic carbocycles. The van der Waals surface area contributed by atoms with E-state index < -0.39 is 0 Å². The smallest absolute Gasteiger partial charge is 0.318 e. The van der Waals surface area contributed by atoms with E-state index in [0.717, 1.165) is 12.8 Å². The van der Waals surface area contributed by atoms with Crippen LogP contribution in [0.4, 0.5) is 0 Å². The molecule has 1 rings (SSSR count). The Morgan fingerprint density at radius 1 is 1.29 bits per heavy atom. The Bertz CT molecular complexity index is 282. The molecule has 1 atom stereocenters. The van der Waals surface area contributed by atoms with E-state index in [1.165, 1.54) is 0 Å². The molecular weight excluding hydrogens is 329 g/mol. The molecule has 4 heteroatoms. The lowest BCUT2D eigenvalue weighted by Gasteiger charge is -2.49. The first-order valence-electron chi connectivity index (χ1n) is 6.16. The van der Waals surface area contributed by atoms with Crippen molar-refractivity contribution in [3.63, 3.8) is 0 Å². The third-order valence-electron chi connectivity index (χ3n) is 3.80. The molecule has 0 aliphatic heterocycles. The van der Waals surface area contributed by atoms with Gasteiger partial charge in [0.25, 0.3) is 0 Å². The number of hydrogen-bond acceptors (Lipinski definition) is 3. The number of nitrogens with two attached hydrogens (primary N) is 1. The fourth-order valence-electron chi connectivity index (χ4n) is 2.90. The van der Waals surface area contributed by atoms with Crippen LogP contribution in [0.15, 0.2) is 0 Å². The van der Waals surface area contributed by atoms with E-state index >= 15 is 0 Å². The average molecular weight is 353 g/mol. The molecule has 1 saturated carbocycles. The van der Waals surface area contributed by atoms with E-state index in [0.29, 0.717) is 0 Å². The highest BCUT2D eigenvalue weighted by Gasteiger charge is 2.46. The normalized spacial score (nSPS) is 32.9. The monoisotopic (exact) mass is 353 g/mol. The highest BCUT2D eigenvalue weighted by Crippen LogP contribution is 2.45. The maximum atomic E-state index is 11.7. The summed E-state index contributed by atoms with van der Waals surface area (Å²) in [5, 5.41) is 0.